The second kappa shape index (κ2) is 6.26. The van der Waals surface area contributed by atoms with Gasteiger partial charge in [-0.1, -0.05) is 6.07 Å². The second-order valence-electron chi connectivity index (χ2n) is 6.62. The molecule has 2 aromatic heterocycles. The molecule has 0 aliphatic carbocycles. The first-order valence-electron chi connectivity index (χ1n) is 8.21. The van der Waals surface area contributed by atoms with E-state index in [1.807, 2.05) is 64.8 Å². The lowest BCUT2D eigenvalue weighted by atomic mass is 9.92. The van der Waals surface area contributed by atoms with Crippen LogP contribution in [0.1, 0.15) is 22.6 Å². The molecule has 5 nitrogen and oxygen atoms in total. The number of hydrogen-bond donors (Lipinski definition) is 0. The lowest BCUT2D eigenvalue weighted by molar-refractivity contribution is 0.0241. The summed E-state index contributed by atoms with van der Waals surface area (Å²) in [5.74, 6) is 1.13. The maximum Gasteiger partial charge on any atom is 0.270 e. The minimum absolute atomic E-state index is 0.131. The lowest BCUT2D eigenvalue weighted by Gasteiger charge is -2.47. The molecule has 1 amide bonds. The number of thioether (sulfide) groups is 1. The molecule has 1 unspecified atom stereocenters. The molecule has 126 valence electrons. The molecule has 2 aliphatic rings. The van der Waals surface area contributed by atoms with Gasteiger partial charge in [-0.25, -0.2) is 0 Å². The summed E-state index contributed by atoms with van der Waals surface area (Å²) in [6.07, 6.45) is 4.97. The molecule has 0 radical (unpaired) electrons. The Morgan fingerprint density at radius 1 is 1.38 bits per heavy atom. The molecule has 0 N–H and O–H groups in total. The Balaban J connectivity index is 1.29. The zero-order valence-electron chi connectivity index (χ0n) is 13.7. The third-order valence-corrected chi connectivity index (χ3v) is 6.35. The predicted octanol–water partition coefficient (Wildman–Crippen LogP) is 2.34. The van der Waals surface area contributed by atoms with Gasteiger partial charge >= 0.3 is 0 Å². The van der Waals surface area contributed by atoms with Crippen molar-refractivity contribution in [1.82, 2.24) is 14.5 Å². The predicted molar refractivity (Wildman–Crippen MR) is 93.9 cm³/mol. The molecular weight excluding hydrogens is 322 g/mol. The van der Waals surface area contributed by atoms with Gasteiger partial charge in [-0.2, -0.15) is 0 Å². The van der Waals surface area contributed by atoms with Crippen LogP contribution in [-0.2, 0) is 18.4 Å². The molecule has 24 heavy (non-hydrogen) atoms. The summed E-state index contributed by atoms with van der Waals surface area (Å²) in [6, 6.07) is 9.68. The largest absolute Gasteiger partial charge is 0.371 e. The molecule has 6 heteroatoms. The third kappa shape index (κ3) is 2.96. The Morgan fingerprint density at radius 3 is 2.96 bits per heavy atom. The number of amides is 1. The van der Waals surface area contributed by atoms with Gasteiger partial charge in [0.15, 0.2) is 0 Å². The van der Waals surface area contributed by atoms with Crippen molar-refractivity contribution in [2.24, 2.45) is 7.05 Å². The molecule has 1 atom stereocenters. The van der Waals surface area contributed by atoms with Crippen LogP contribution in [0, 0.1) is 0 Å². The number of nitrogens with zero attached hydrogens (tertiary/aromatic N) is 3. The van der Waals surface area contributed by atoms with Gasteiger partial charge in [0, 0.05) is 38.3 Å². The molecule has 0 bridgehead atoms. The van der Waals surface area contributed by atoms with Gasteiger partial charge in [0.05, 0.1) is 23.2 Å². The molecule has 0 saturated carbocycles. The minimum Gasteiger partial charge on any atom is -0.371 e. The smallest absolute Gasteiger partial charge is 0.270 e. The van der Waals surface area contributed by atoms with Crippen LogP contribution in [-0.4, -0.2) is 50.1 Å². The Kier molecular flexibility index (Phi) is 4.10. The van der Waals surface area contributed by atoms with Crippen molar-refractivity contribution in [2.75, 3.05) is 18.8 Å². The van der Waals surface area contributed by atoms with Gasteiger partial charge in [-0.15, -0.1) is 11.8 Å². The van der Waals surface area contributed by atoms with E-state index in [-0.39, 0.29) is 16.8 Å². The first-order chi connectivity index (χ1) is 11.7. The fraction of sp³-hybridized carbons (Fsp3) is 0.444. The van der Waals surface area contributed by atoms with Crippen LogP contribution >= 0.6 is 11.8 Å². The highest BCUT2D eigenvalue weighted by Gasteiger charge is 2.51. The highest BCUT2D eigenvalue weighted by atomic mass is 32.2. The van der Waals surface area contributed by atoms with Gasteiger partial charge in [-0.05, 0) is 30.7 Å². The molecule has 4 rings (SSSR count). The first kappa shape index (κ1) is 15.7. The van der Waals surface area contributed by atoms with E-state index in [0.29, 0.717) is 6.61 Å². The maximum atomic E-state index is 12.5. The van der Waals surface area contributed by atoms with Crippen LogP contribution in [0.5, 0.6) is 0 Å². The SMILES string of the molecule is Cn1cccc1C(=O)N1CC2(CC(OCc3ccccn3)CS2)C1. The van der Waals surface area contributed by atoms with E-state index in [1.165, 1.54) is 0 Å². The molecule has 2 aliphatic heterocycles. The highest BCUT2D eigenvalue weighted by Crippen LogP contribution is 2.46. The minimum atomic E-state index is 0.131. The highest BCUT2D eigenvalue weighted by molar-refractivity contribution is 8.01. The van der Waals surface area contributed by atoms with Crippen LogP contribution in [0.25, 0.3) is 0 Å². The van der Waals surface area contributed by atoms with Gasteiger partial charge < -0.3 is 14.2 Å². The van der Waals surface area contributed by atoms with Crippen molar-refractivity contribution in [3.8, 4) is 0 Å². The fourth-order valence-electron chi connectivity index (χ4n) is 3.45. The Bertz CT molecular complexity index is 725. The van der Waals surface area contributed by atoms with E-state index in [2.05, 4.69) is 4.98 Å². The number of ether oxygens (including phenoxy) is 1. The van der Waals surface area contributed by atoms with Crippen LogP contribution in [0.3, 0.4) is 0 Å². The number of aryl methyl sites for hydroxylation is 1. The number of pyridine rings is 1. The average molecular weight is 343 g/mol. The lowest BCUT2D eigenvalue weighted by Crippen LogP contribution is -2.61. The van der Waals surface area contributed by atoms with E-state index in [0.717, 1.165) is 36.7 Å². The second-order valence-corrected chi connectivity index (χ2v) is 8.11. The van der Waals surface area contributed by atoms with Crippen molar-refractivity contribution >= 4 is 17.7 Å². The van der Waals surface area contributed by atoms with Gasteiger partial charge in [0.1, 0.15) is 5.69 Å². The summed E-state index contributed by atoms with van der Waals surface area (Å²) >= 11 is 1.95. The molecule has 4 heterocycles. The number of aromatic nitrogens is 2. The number of likely N-dealkylation sites (tertiary alicyclic amines) is 1. The number of hydrogen-bond acceptors (Lipinski definition) is 4. The Labute approximate surface area is 146 Å². The summed E-state index contributed by atoms with van der Waals surface area (Å²) in [7, 11) is 1.91. The van der Waals surface area contributed by atoms with Crippen LogP contribution in [0.4, 0.5) is 0 Å². The Hall–Kier alpha value is -1.79. The van der Waals surface area contributed by atoms with Crippen molar-refractivity contribution in [2.45, 2.75) is 23.9 Å². The van der Waals surface area contributed by atoms with Gasteiger partial charge in [-0.3, -0.25) is 9.78 Å². The molecule has 2 saturated heterocycles. The maximum absolute atomic E-state index is 12.5. The summed E-state index contributed by atoms with van der Waals surface area (Å²) < 4.78 is 8.09. The number of rotatable bonds is 4. The van der Waals surface area contributed by atoms with Gasteiger partial charge in [0.25, 0.3) is 5.91 Å². The quantitative estimate of drug-likeness (QED) is 0.855. The molecular formula is C18H21N3O2S. The summed E-state index contributed by atoms with van der Waals surface area (Å²) in [5.41, 5.74) is 1.73. The van der Waals surface area contributed by atoms with E-state index < -0.39 is 0 Å². The van der Waals surface area contributed by atoms with E-state index in [9.17, 15) is 4.79 Å². The van der Waals surface area contributed by atoms with E-state index >= 15 is 0 Å². The monoisotopic (exact) mass is 343 g/mol. The van der Waals surface area contributed by atoms with Crippen LogP contribution < -0.4 is 0 Å². The molecule has 1 spiro atoms. The zero-order chi connectivity index (χ0) is 16.6. The molecule has 0 aromatic carbocycles. The summed E-state index contributed by atoms with van der Waals surface area (Å²) in [5, 5.41) is 0. The molecule has 2 fully saturated rings. The fourth-order valence-corrected chi connectivity index (χ4v) is 5.01. The van der Waals surface area contributed by atoms with E-state index in [1.54, 1.807) is 6.20 Å². The summed E-state index contributed by atoms with van der Waals surface area (Å²) in [4.78, 5) is 18.7. The van der Waals surface area contributed by atoms with E-state index in [4.69, 9.17) is 4.74 Å². The van der Waals surface area contributed by atoms with Crippen molar-refractivity contribution in [3.63, 3.8) is 0 Å². The van der Waals surface area contributed by atoms with Gasteiger partial charge in [0.2, 0.25) is 0 Å². The topological polar surface area (TPSA) is 47.4 Å². The number of carbonyl (C=O) groups is 1. The normalized spacial score (nSPS) is 21.9. The molecule has 2 aromatic rings. The van der Waals surface area contributed by atoms with Crippen molar-refractivity contribution in [1.29, 1.82) is 0 Å². The van der Waals surface area contributed by atoms with Crippen LogP contribution in [0.2, 0.25) is 0 Å². The van der Waals surface area contributed by atoms with Crippen molar-refractivity contribution < 1.29 is 9.53 Å². The standard InChI is InChI=1S/C18H21N3O2S/c1-20-8-4-6-16(20)17(22)21-12-18(13-21)9-15(11-24-18)23-10-14-5-2-3-7-19-14/h2-8,15H,9-13H2,1H3. The zero-order valence-corrected chi connectivity index (χ0v) is 14.5. The van der Waals surface area contributed by atoms with Crippen molar-refractivity contribution in [3.05, 3.63) is 54.1 Å². The first-order valence-corrected chi connectivity index (χ1v) is 9.20. The summed E-state index contributed by atoms with van der Waals surface area (Å²) in [6.45, 7) is 2.21. The number of carbonyl (C=O) groups excluding carboxylic acids is 1. The van der Waals surface area contributed by atoms with Crippen LogP contribution in [0.15, 0.2) is 42.7 Å². The third-order valence-electron chi connectivity index (χ3n) is 4.78. The Morgan fingerprint density at radius 2 is 2.25 bits per heavy atom. The average Bonchev–Trinajstić information content (AvgIpc) is 3.18.